The van der Waals surface area contributed by atoms with Crippen LogP contribution in [0.1, 0.15) is 49.8 Å². The van der Waals surface area contributed by atoms with Gasteiger partial charge in [0.2, 0.25) is 5.91 Å². The van der Waals surface area contributed by atoms with Crippen molar-refractivity contribution in [2.75, 3.05) is 0 Å². The first-order chi connectivity index (χ1) is 14.5. The van der Waals surface area contributed by atoms with Gasteiger partial charge in [-0.05, 0) is 49.1 Å². The Morgan fingerprint density at radius 1 is 1.07 bits per heavy atom. The van der Waals surface area contributed by atoms with E-state index in [1.54, 1.807) is 29.4 Å². The number of nitrogens with zero attached hydrogens (tertiary/aromatic N) is 4. The quantitative estimate of drug-likeness (QED) is 0.629. The minimum absolute atomic E-state index is 0.0305. The van der Waals surface area contributed by atoms with Gasteiger partial charge in [-0.3, -0.25) is 18.9 Å². The zero-order chi connectivity index (χ0) is 21.1. The molecule has 1 aliphatic rings. The lowest BCUT2D eigenvalue weighted by atomic mass is 9.93. The van der Waals surface area contributed by atoms with E-state index in [1.807, 2.05) is 36.4 Å². The summed E-state index contributed by atoms with van der Waals surface area (Å²) in [6.45, 7) is 0.580. The molecule has 6 heteroatoms. The van der Waals surface area contributed by atoms with Crippen LogP contribution in [0.15, 0.2) is 47.4 Å². The number of benzene rings is 1. The number of carbonyl (C=O) groups is 1. The lowest BCUT2D eigenvalue weighted by Crippen LogP contribution is -2.41. The van der Waals surface area contributed by atoms with E-state index >= 15 is 0 Å². The average Bonchev–Trinajstić information content (AvgIpc) is 3.01. The molecule has 6 nitrogen and oxygen atoms in total. The van der Waals surface area contributed by atoms with Gasteiger partial charge in [-0.2, -0.15) is 0 Å². The van der Waals surface area contributed by atoms with Crippen molar-refractivity contribution in [3.8, 4) is 0 Å². The Labute approximate surface area is 177 Å². The Morgan fingerprint density at radius 2 is 1.83 bits per heavy atom. The van der Waals surface area contributed by atoms with Gasteiger partial charge in [0, 0.05) is 32.8 Å². The molecule has 158 valence electrons. The monoisotopic (exact) mass is 406 g/mol. The van der Waals surface area contributed by atoms with Gasteiger partial charge in [0.05, 0.1) is 23.3 Å². The Morgan fingerprint density at radius 3 is 2.57 bits per heavy atom. The van der Waals surface area contributed by atoms with Gasteiger partial charge in [0.25, 0.3) is 0 Å². The van der Waals surface area contributed by atoms with Crippen molar-refractivity contribution in [1.29, 1.82) is 0 Å². The van der Waals surface area contributed by atoms with Crippen LogP contribution in [-0.2, 0) is 31.9 Å². The number of imidazole rings is 1. The highest BCUT2D eigenvalue weighted by Gasteiger charge is 2.25. The average molecular weight is 407 g/mol. The molecule has 0 radical (unpaired) electrons. The summed E-state index contributed by atoms with van der Waals surface area (Å²) < 4.78 is 3.32. The first-order valence-corrected chi connectivity index (χ1v) is 10.9. The van der Waals surface area contributed by atoms with E-state index in [4.69, 9.17) is 0 Å². The van der Waals surface area contributed by atoms with Gasteiger partial charge < -0.3 is 4.90 Å². The molecule has 0 aliphatic heterocycles. The highest BCUT2D eigenvalue weighted by Crippen LogP contribution is 2.25. The molecule has 0 spiro atoms. The minimum atomic E-state index is -0.0305. The van der Waals surface area contributed by atoms with Crippen molar-refractivity contribution in [3.63, 3.8) is 0 Å². The van der Waals surface area contributed by atoms with Crippen LogP contribution in [0.25, 0.3) is 11.0 Å². The number of aryl methyl sites for hydroxylation is 3. The van der Waals surface area contributed by atoms with Crippen LogP contribution in [0.4, 0.5) is 0 Å². The Balaban J connectivity index is 1.50. The van der Waals surface area contributed by atoms with Gasteiger partial charge in [-0.15, -0.1) is 0 Å². The molecule has 1 fully saturated rings. The Bertz CT molecular complexity index is 1080. The fourth-order valence-electron chi connectivity index (χ4n) is 4.58. The zero-order valence-electron chi connectivity index (χ0n) is 17.9. The molecule has 2 aromatic heterocycles. The number of fused-ring (bicyclic) bond motifs is 1. The second-order valence-electron chi connectivity index (χ2n) is 8.36. The molecule has 1 amide bonds. The SMILES string of the molecule is Cn1c(=O)n(C)c2cc(CCC(=O)N(Cc3ccccn3)C3CCCCC3)ccc21. The number of hydrogen-bond donors (Lipinski definition) is 0. The maximum Gasteiger partial charge on any atom is 0.328 e. The minimum Gasteiger partial charge on any atom is -0.334 e. The first-order valence-electron chi connectivity index (χ1n) is 10.9. The van der Waals surface area contributed by atoms with E-state index in [2.05, 4.69) is 9.88 Å². The van der Waals surface area contributed by atoms with Crippen molar-refractivity contribution in [2.45, 2.75) is 57.5 Å². The van der Waals surface area contributed by atoms with Crippen molar-refractivity contribution in [3.05, 3.63) is 64.3 Å². The molecule has 0 N–H and O–H groups in total. The molecule has 1 saturated carbocycles. The maximum absolute atomic E-state index is 13.2. The zero-order valence-corrected chi connectivity index (χ0v) is 17.9. The third kappa shape index (κ3) is 4.18. The summed E-state index contributed by atoms with van der Waals surface area (Å²) in [6.07, 6.45) is 8.73. The fraction of sp³-hybridized carbons (Fsp3) is 0.458. The molecule has 0 unspecified atom stereocenters. The summed E-state index contributed by atoms with van der Waals surface area (Å²) in [5.41, 5.74) is 3.81. The molecule has 1 aliphatic carbocycles. The van der Waals surface area contributed by atoms with E-state index in [0.717, 1.165) is 35.1 Å². The van der Waals surface area contributed by atoms with Crippen LogP contribution in [0.2, 0.25) is 0 Å². The molecular formula is C24H30N4O2. The summed E-state index contributed by atoms with van der Waals surface area (Å²) in [5, 5.41) is 0. The highest BCUT2D eigenvalue weighted by atomic mass is 16.2. The molecule has 2 heterocycles. The maximum atomic E-state index is 13.2. The van der Waals surface area contributed by atoms with Crippen molar-refractivity contribution < 1.29 is 4.79 Å². The second-order valence-corrected chi connectivity index (χ2v) is 8.36. The standard InChI is InChI=1S/C24H30N4O2/c1-26-21-13-11-18(16-22(21)27(2)24(26)30)12-14-23(29)28(20-9-4-3-5-10-20)17-19-8-6-7-15-25-19/h6-8,11,13,15-16,20H,3-5,9-10,12,14,17H2,1-2H3. The summed E-state index contributed by atoms with van der Waals surface area (Å²) in [7, 11) is 3.57. The van der Waals surface area contributed by atoms with Crippen LogP contribution in [0, 0.1) is 0 Å². The molecule has 4 rings (SSSR count). The first kappa shape index (κ1) is 20.4. The van der Waals surface area contributed by atoms with E-state index in [0.29, 0.717) is 25.4 Å². The van der Waals surface area contributed by atoms with E-state index < -0.39 is 0 Å². The molecule has 3 aromatic rings. The smallest absolute Gasteiger partial charge is 0.328 e. The van der Waals surface area contributed by atoms with E-state index in [1.165, 1.54) is 19.3 Å². The number of pyridine rings is 1. The van der Waals surface area contributed by atoms with Crippen molar-refractivity contribution in [2.24, 2.45) is 14.1 Å². The number of amides is 1. The number of carbonyl (C=O) groups excluding carboxylic acids is 1. The van der Waals surface area contributed by atoms with Gasteiger partial charge in [0.15, 0.2) is 0 Å². The third-order valence-corrected chi connectivity index (χ3v) is 6.36. The Kier molecular flexibility index (Phi) is 6.02. The molecule has 0 saturated heterocycles. The lowest BCUT2D eigenvalue weighted by Gasteiger charge is -2.34. The molecular weight excluding hydrogens is 376 g/mol. The lowest BCUT2D eigenvalue weighted by molar-refractivity contribution is -0.135. The summed E-state index contributed by atoms with van der Waals surface area (Å²) in [6, 6.07) is 12.2. The third-order valence-electron chi connectivity index (χ3n) is 6.36. The second kappa shape index (κ2) is 8.86. The topological polar surface area (TPSA) is 60.1 Å². The molecule has 1 aromatic carbocycles. The predicted molar refractivity (Wildman–Crippen MR) is 118 cm³/mol. The summed E-state index contributed by atoms with van der Waals surface area (Å²) >= 11 is 0. The highest BCUT2D eigenvalue weighted by molar-refractivity contribution is 5.78. The number of aromatic nitrogens is 3. The van der Waals surface area contributed by atoms with Crippen LogP contribution in [0.5, 0.6) is 0 Å². The van der Waals surface area contributed by atoms with Gasteiger partial charge in [-0.25, -0.2) is 4.79 Å². The molecule has 0 bridgehead atoms. The summed E-state index contributed by atoms with van der Waals surface area (Å²) in [5.74, 6) is 0.189. The predicted octanol–water partition coefficient (Wildman–Crippen LogP) is 3.57. The molecule has 30 heavy (non-hydrogen) atoms. The number of rotatable bonds is 6. The normalized spacial score (nSPS) is 14.9. The van der Waals surface area contributed by atoms with Crippen LogP contribution >= 0.6 is 0 Å². The van der Waals surface area contributed by atoms with Crippen LogP contribution < -0.4 is 5.69 Å². The molecule has 0 atom stereocenters. The fourth-order valence-corrected chi connectivity index (χ4v) is 4.58. The van der Waals surface area contributed by atoms with Crippen molar-refractivity contribution in [1.82, 2.24) is 19.0 Å². The number of hydrogen-bond acceptors (Lipinski definition) is 3. The summed E-state index contributed by atoms with van der Waals surface area (Å²) in [4.78, 5) is 31.9. The van der Waals surface area contributed by atoms with E-state index in [-0.39, 0.29) is 11.6 Å². The van der Waals surface area contributed by atoms with Gasteiger partial charge in [-0.1, -0.05) is 31.4 Å². The largest absolute Gasteiger partial charge is 0.334 e. The van der Waals surface area contributed by atoms with Gasteiger partial charge in [0.1, 0.15) is 0 Å². The van der Waals surface area contributed by atoms with E-state index in [9.17, 15) is 9.59 Å². The Hall–Kier alpha value is -2.89. The van der Waals surface area contributed by atoms with Crippen molar-refractivity contribution >= 4 is 16.9 Å². The van der Waals surface area contributed by atoms with Crippen LogP contribution in [0.3, 0.4) is 0 Å². The van der Waals surface area contributed by atoms with Gasteiger partial charge >= 0.3 is 5.69 Å². The van der Waals surface area contributed by atoms with Crippen LogP contribution in [-0.4, -0.2) is 31.0 Å².